The summed E-state index contributed by atoms with van der Waals surface area (Å²) in [5.74, 6) is 1.04. The van der Waals surface area contributed by atoms with Gasteiger partial charge in [0.1, 0.15) is 17.0 Å². The Morgan fingerprint density at radius 2 is 1.69 bits per heavy atom. The molecule has 11 nitrogen and oxygen atoms in total. The van der Waals surface area contributed by atoms with Crippen LogP contribution in [0.25, 0.3) is 11.4 Å². The van der Waals surface area contributed by atoms with Gasteiger partial charge in [-0.1, -0.05) is 0 Å². The van der Waals surface area contributed by atoms with Crippen LogP contribution in [0.15, 0.2) is 6.07 Å². The first-order chi connectivity index (χ1) is 16.2. The predicted octanol–water partition coefficient (Wildman–Crippen LogP) is 3.65. The molecule has 1 saturated heterocycles. The number of anilines is 1. The second kappa shape index (κ2) is 8.46. The van der Waals surface area contributed by atoms with E-state index in [4.69, 9.17) is 14.5 Å². The average Bonchev–Trinajstić information content (AvgIpc) is 3.32. The van der Waals surface area contributed by atoms with E-state index in [1.807, 2.05) is 54.5 Å². The quantitative estimate of drug-likeness (QED) is 0.601. The average molecular weight is 486 g/mol. The first-order valence-electron chi connectivity index (χ1n) is 11.9. The predicted molar refractivity (Wildman–Crippen MR) is 129 cm³/mol. The molecule has 190 valence electrons. The maximum atomic E-state index is 13.6. The Labute approximate surface area is 205 Å². The molecular weight excluding hydrogens is 450 g/mol. The second-order valence-corrected chi connectivity index (χ2v) is 11.4. The number of nitrogens with zero attached hydrogens (tertiary/aromatic N) is 7. The minimum absolute atomic E-state index is 0.356. The number of rotatable bonds is 1. The molecule has 0 N–H and O–H groups in total. The number of carbonyl (C=O) groups excluding carboxylic acids is 2. The molecule has 0 saturated carbocycles. The van der Waals surface area contributed by atoms with Crippen molar-refractivity contribution in [2.45, 2.75) is 84.5 Å². The normalized spacial score (nSPS) is 20.2. The highest BCUT2D eigenvalue weighted by atomic mass is 16.6. The second-order valence-electron chi connectivity index (χ2n) is 11.4. The van der Waals surface area contributed by atoms with Crippen LogP contribution in [0.5, 0.6) is 0 Å². The van der Waals surface area contributed by atoms with E-state index in [0.29, 0.717) is 49.7 Å². The molecule has 2 aromatic heterocycles. The molecule has 0 aliphatic carbocycles. The van der Waals surface area contributed by atoms with Gasteiger partial charge in [-0.3, -0.25) is 4.90 Å². The van der Waals surface area contributed by atoms with Gasteiger partial charge in [0.05, 0.1) is 18.3 Å². The Morgan fingerprint density at radius 1 is 1.03 bits per heavy atom. The summed E-state index contributed by atoms with van der Waals surface area (Å²) in [5, 5.41) is 12.4. The maximum Gasteiger partial charge on any atom is 0.416 e. The first-order valence-corrected chi connectivity index (χ1v) is 11.9. The highest BCUT2D eigenvalue weighted by Gasteiger charge is 2.52. The molecule has 1 spiro atoms. The van der Waals surface area contributed by atoms with Gasteiger partial charge in [-0.15, -0.1) is 10.2 Å². The topological polar surface area (TPSA) is 116 Å². The standard InChI is InChI=1S/C24H35N7O4/c1-15-17(18-26-28-29(8)27-18)13-16-9-10-24(11-12-30(14-24)20(32)34-22(2,3)4)31(19(16)25-15)21(33)35-23(5,6)7/h13H,9-12,14H2,1-8H3/t24-/m1/s1. The van der Waals surface area contributed by atoms with Gasteiger partial charge in [-0.25, -0.2) is 14.6 Å². The molecule has 2 aliphatic rings. The Hall–Kier alpha value is -3.24. The lowest BCUT2D eigenvalue weighted by Crippen LogP contribution is -2.58. The number of amides is 2. The van der Waals surface area contributed by atoms with Gasteiger partial charge < -0.3 is 14.4 Å². The molecule has 4 rings (SSSR count). The number of likely N-dealkylation sites (tertiary alicyclic amines) is 1. The van der Waals surface area contributed by atoms with Gasteiger partial charge in [0.15, 0.2) is 0 Å². The van der Waals surface area contributed by atoms with E-state index in [9.17, 15) is 9.59 Å². The van der Waals surface area contributed by atoms with Crippen LogP contribution in [0.2, 0.25) is 0 Å². The molecule has 11 heteroatoms. The molecule has 4 heterocycles. The van der Waals surface area contributed by atoms with Crippen LogP contribution >= 0.6 is 0 Å². The van der Waals surface area contributed by atoms with Crippen LogP contribution in [-0.2, 0) is 22.9 Å². The smallest absolute Gasteiger partial charge is 0.416 e. The van der Waals surface area contributed by atoms with E-state index in [1.54, 1.807) is 16.8 Å². The highest BCUT2D eigenvalue weighted by molar-refractivity contribution is 5.91. The van der Waals surface area contributed by atoms with Crippen LogP contribution < -0.4 is 4.90 Å². The number of fused-ring (bicyclic) bond motifs is 1. The number of hydrogen-bond donors (Lipinski definition) is 0. The van der Waals surface area contributed by atoms with E-state index in [1.165, 1.54) is 4.80 Å². The number of ether oxygens (including phenoxy) is 2. The molecular formula is C24H35N7O4. The Morgan fingerprint density at radius 3 is 2.29 bits per heavy atom. The number of aryl methyl sites for hydroxylation is 3. The molecule has 2 aliphatic heterocycles. The fourth-order valence-electron chi connectivity index (χ4n) is 4.65. The summed E-state index contributed by atoms with van der Waals surface area (Å²) < 4.78 is 11.4. The lowest BCUT2D eigenvalue weighted by atomic mass is 9.84. The summed E-state index contributed by atoms with van der Waals surface area (Å²) in [6.45, 7) is 13.8. The number of carbonyl (C=O) groups is 2. The van der Waals surface area contributed by atoms with Crippen LogP contribution in [0.4, 0.5) is 15.4 Å². The zero-order valence-corrected chi connectivity index (χ0v) is 21.9. The molecule has 0 aromatic carbocycles. The van der Waals surface area contributed by atoms with Crippen molar-refractivity contribution in [1.82, 2.24) is 30.1 Å². The molecule has 1 atom stereocenters. The Kier molecular flexibility index (Phi) is 6.01. The summed E-state index contributed by atoms with van der Waals surface area (Å²) in [7, 11) is 1.71. The van der Waals surface area contributed by atoms with Gasteiger partial charge in [0.2, 0.25) is 5.82 Å². The van der Waals surface area contributed by atoms with Crippen molar-refractivity contribution in [2.24, 2.45) is 7.05 Å². The van der Waals surface area contributed by atoms with Crippen molar-refractivity contribution in [3.8, 4) is 11.4 Å². The summed E-state index contributed by atoms with van der Waals surface area (Å²) in [6.07, 6.45) is 1.12. The van der Waals surface area contributed by atoms with Crippen LogP contribution in [0.3, 0.4) is 0 Å². The molecule has 1 fully saturated rings. The van der Waals surface area contributed by atoms with Gasteiger partial charge in [0, 0.05) is 18.7 Å². The zero-order chi connectivity index (χ0) is 25.8. The van der Waals surface area contributed by atoms with Crippen molar-refractivity contribution < 1.29 is 19.1 Å². The Bertz CT molecular complexity index is 1150. The van der Waals surface area contributed by atoms with Crippen molar-refractivity contribution >= 4 is 18.0 Å². The number of hydrogen-bond acceptors (Lipinski definition) is 8. The first kappa shape index (κ1) is 24.9. The van der Waals surface area contributed by atoms with E-state index in [-0.39, 0.29) is 6.09 Å². The van der Waals surface area contributed by atoms with Crippen molar-refractivity contribution in [1.29, 1.82) is 0 Å². The van der Waals surface area contributed by atoms with Crippen LogP contribution in [0.1, 0.15) is 65.6 Å². The lowest BCUT2D eigenvalue weighted by Gasteiger charge is -2.44. The monoisotopic (exact) mass is 485 g/mol. The van der Waals surface area contributed by atoms with E-state index in [2.05, 4.69) is 15.4 Å². The van der Waals surface area contributed by atoms with Gasteiger partial charge in [-0.05, 0) is 84.6 Å². The number of aromatic nitrogens is 5. The molecule has 0 bridgehead atoms. The molecule has 2 amide bonds. The third kappa shape index (κ3) is 5.08. The van der Waals surface area contributed by atoms with E-state index < -0.39 is 22.8 Å². The minimum Gasteiger partial charge on any atom is -0.444 e. The van der Waals surface area contributed by atoms with Crippen LogP contribution in [0, 0.1) is 6.92 Å². The van der Waals surface area contributed by atoms with E-state index in [0.717, 1.165) is 11.1 Å². The minimum atomic E-state index is -0.683. The Balaban J connectivity index is 1.73. The molecule has 0 radical (unpaired) electrons. The van der Waals surface area contributed by atoms with Crippen molar-refractivity contribution in [2.75, 3.05) is 18.0 Å². The lowest BCUT2D eigenvalue weighted by molar-refractivity contribution is 0.0272. The fraction of sp³-hybridized carbons (Fsp3) is 0.667. The molecule has 0 unspecified atom stereocenters. The van der Waals surface area contributed by atoms with Crippen molar-refractivity contribution in [3.63, 3.8) is 0 Å². The number of tetrazole rings is 1. The third-order valence-electron chi connectivity index (χ3n) is 6.12. The van der Waals surface area contributed by atoms with E-state index >= 15 is 0 Å². The van der Waals surface area contributed by atoms with Gasteiger partial charge in [-0.2, -0.15) is 4.80 Å². The molecule has 35 heavy (non-hydrogen) atoms. The molecule has 2 aromatic rings. The summed E-state index contributed by atoms with van der Waals surface area (Å²) in [4.78, 5) is 36.0. The van der Waals surface area contributed by atoms with Gasteiger partial charge in [0.25, 0.3) is 0 Å². The maximum absolute atomic E-state index is 13.6. The van der Waals surface area contributed by atoms with Crippen molar-refractivity contribution in [3.05, 3.63) is 17.3 Å². The third-order valence-corrected chi connectivity index (χ3v) is 6.12. The largest absolute Gasteiger partial charge is 0.444 e. The summed E-state index contributed by atoms with van der Waals surface area (Å²) in [5.41, 5.74) is 0.462. The number of pyridine rings is 1. The zero-order valence-electron chi connectivity index (χ0n) is 21.9. The van der Waals surface area contributed by atoms with Gasteiger partial charge >= 0.3 is 12.2 Å². The SMILES string of the molecule is Cc1nc2c(cc1-c1nnn(C)n1)CC[C@]1(CCN(C(=O)OC(C)(C)C)C1)N2C(=O)OC(C)(C)C. The fourth-order valence-corrected chi connectivity index (χ4v) is 4.65. The summed E-state index contributed by atoms with van der Waals surface area (Å²) in [6, 6.07) is 1.99. The highest BCUT2D eigenvalue weighted by Crippen LogP contribution is 2.43. The van der Waals surface area contributed by atoms with Crippen LogP contribution in [-0.4, -0.2) is 72.1 Å². The summed E-state index contributed by atoms with van der Waals surface area (Å²) >= 11 is 0.